The third-order valence-electron chi connectivity index (χ3n) is 6.67. The number of fused-ring (bicyclic) bond motifs is 2. The second-order valence-electron chi connectivity index (χ2n) is 11.3. The normalized spacial score (nSPS) is 15.3. The third kappa shape index (κ3) is 6.95. The summed E-state index contributed by atoms with van der Waals surface area (Å²) in [5.41, 5.74) is 2.79. The molecule has 0 fully saturated rings. The Morgan fingerprint density at radius 1 is 1.29 bits per heavy atom. The number of amides is 3. The van der Waals surface area contributed by atoms with E-state index >= 15 is 0 Å². The van der Waals surface area contributed by atoms with E-state index < -0.39 is 5.82 Å². The number of benzene rings is 2. The van der Waals surface area contributed by atoms with Gasteiger partial charge in [0.25, 0.3) is 5.91 Å². The van der Waals surface area contributed by atoms with E-state index in [2.05, 4.69) is 48.3 Å². The largest absolute Gasteiger partial charge is 0.481 e. The van der Waals surface area contributed by atoms with Crippen LogP contribution in [0.5, 0.6) is 5.75 Å². The quantitative estimate of drug-likeness (QED) is 0.433. The first-order chi connectivity index (χ1) is 19.4. The molecule has 0 atom stereocenters. The van der Waals surface area contributed by atoms with Crippen LogP contribution in [0, 0.1) is 23.6 Å². The average molecular weight is 579 g/mol. The van der Waals surface area contributed by atoms with Crippen LogP contribution in [0.2, 0.25) is 0 Å². The fraction of sp³-hybridized carbons (Fsp3) is 0.400. The summed E-state index contributed by atoms with van der Waals surface area (Å²) >= 11 is 1.24. The molecule has 0 aliphatic carbocycles. The van der Waals surface area contributed by atoms with E-state index in [1.54, 1.807) is 14.1 Å². The lowest BCUT2D eigenvalue weighted by atomic mass is 9.92. The number of hydrogen-bond acceptors (Lipinski definition) is 6. The van der Waals surface area contributed by atoms with Crippen LogP contribution < -0.4 is 19.8 Å². The number of carbonyl (C=O) groups excluding carboxylic acids is 2. The summed E-state index contributed by atoms with van der Waals surface area (Å²) in [5.74, 6) is 3.44. The Hall–Kier alpha value is -4.17. The molecule has 3 amide bonds. The van der Waals surface area contributed by atoms with Crippen molar-refractivity contribution < 1.29 is 18.7 Å². The van der Waals surface area contributed by atoms with Gasteiger partial charge in [0.15, 0.2) is 12.4 Å². The lowest BCUT2D eigenvalue weighted by Gasteiger charge is -2.28. The Labute approximate surface area is 243 Å². The van der Waals surface area contributed by atoms with Gasteiger partial charge in [0.05, 0.1) is 12.2 Å². The van der Waals surface area contributed by atoms with Gasteiger partial charge in [-0.2, -0.15) is 4.37 Å². The Kier molecular flexibility index (Phi) is 8.83. The van der Waals surface area contributed by atoms with Gasteiger partial charge in [0.1, 0.15) is 17.3 Å². The molecule has 0 spiro atoms. The van der Waals surface area contributed by atoms with E-state index in [-0.39, 0.29) is 36.2 Å². The average Bonchev–Trinajstić information content (AvgIpc) is 3.42. The summed E-state index contributed by atoms with van der Waals surface area (Å²) < 4.78 is 26.3. The predicted octanol–water partition coefficient (Wildman–Crippen LogP) is 5.16. The van der Waals surface area contributed by atoms with Crippen molar-refractivity contribution in [2.45, 2.75) is 46.6 Å². The van der Waals surface area contributed by atoms with Crippen LogP contribution in [-0.4, -0.2) is 53.0 Å². The highest BCUT2D eigenvalue weighted by Crippen LogP contribution is 2.37. The molecule has 1 N–H and O–H groups in total. The number of urea groups is 1. The minimum atomic E-state index is -0.515. The van der Waals surface area contributed by atoms with E-state index in [1.165, 1.54) is 39.0 Å². The molecule has 11 heteroatoms. The Bertz CT molecular complexity index is 1550. The molecule has 3 aromatic rings. The number of rotatable bonds is 4. The number of aromatic nitrogens is 2. The van der Waals surface area contributed by atoms with Crippen molar-refractivity contribution in [1.29, 1.82) is 0 Å². The Balaban J connectivity index is 0.000000221. The number of nitrogens with zero attached hydrogens (tertiary/aromatic N) is 5. The second kappa shape index (κ2) is 12.1. The standard InChI is InChI=1S/C18H17FN4O2S.C12H18N2O/c1-4-5-22-13-7-12(11(19)6-14(13)25-9-16(22)24)20-17-23-10-18(2,3)8-15(23)21-26-17;1-9(2)10-5-7-11(8-6-10)13-12(15)14(3)4/h1,6-7H,5,8-10H2,2-3H3;5-9H,1-4H3,(H,13,15). The first kappa shape index (κ1) is 29.8. The first-order valence-electron chi connectivity index (χ1n) is 13.3. The molecule has 9 nitrogen and oxygen atoms in total. The van der Waals surface area contributed by atoms with Gasteiger partial charge in [0, 0.05) is 50.3 Å². The summed E-state index contributed by atoms with van der Waals surface area (Å²) in [5, 5.41) is 2.79. The van der Waals surface area contributed by atoms with Gasteiger partial charge in [-0.15, -0.1) is 6.42 Å². The lowest BCUT2D eigenvalue weighted by Crippen LogP contribution is -2.39. The van der Waals surface area contributed by atoms with Crippen LogP contribution in [0.1, 0.15) is 45.0 Å². The predicted molar refractivity (Wildman–Crippen MR) is 159 cm³/mol. The smallest absolute Gasteiger partial charge is 0.321 e. The topological polar surface area (TPSA) is 92.1 Å². The maximum Gasteiger partial charge on any atom is 0.321 e. The molecule has 41 heavy (non-hydrogen) atoms. The number of anilines is 2. The number of carbonyl (C=O) groups is 2. The zero-order valence-corrected chi connectivity index (χ0v) is 25.0. The van der Waals surface area contributed by atoms with Gasteiger partial charge in [0.2, 0.25) is 4.80 Å². The highest BCUT2D eigenvalue weighted by atomic mass is 32.1. The van der Waals surface area contributed by atoms with Gasteiger partial charge in [-0.1, -0.05) is 45.7 Å². The molecule has 0 unspecified atom stereocenters. The van der Waals surface area contributed by atoms with Crippen molar-refractivity contribution in [1.82, 2.24) is 13.8 Å². The van der Waals surface area contributed by atoms with Gasteiger partial charge in [-0.3, -0.25) is 9.69 Å². The van der Waals surface area contributed by atoms with E-state index in [9.17, 15) is 14.0 Å². The molecule has 5 rings (SSSR count). The highest BCUT2D eigenvalue weighted by Gasteiger charge is 2.31. The van der Waals surface area contributed by atoms with Crippen LogP contribution in [0.3, 0.4) is 0 Å². The van der Waals surface area contributed by atoms with Crippen LogP contribution in [-0.2, 0) is 17.8 Å². The maximum absolute atomic E-state index is 14.5. The minimum absolute atomic E-state index is 0.0964. The monoisotopic (exact) mass is 578 g/mol. The SMILES string of the molecule is C#CCN1C(=O)COc2cc(F)c(N=c3snc4n3CC(C)(C)C4)cc21.CC(C)c1ccc(NC(=O)N(C)C)cc1. The summed E-state index contributed by atoms with van der Waals surface area (Å²) in [7, 11) is 3.44. The molecule has 1 aromatic heterocycles. The van der Waals surface area contributed by atoms with Crippen molar-refractivity contribution in [2.24, 2.45) is 10.4 Å². The minimum Gasteiger partial charge on any atom is -0.481 e. The zero-order chi connectivity index (χ0) is 29.9. The van der Waals surface area contributed by atoms with E-state index in [0.717, 1.165) is 24.5 Å². The molecule has 216 valence electrons. The summed E-state index contributed by atoms with van der Waals surface area (Å²) in [6, 6.07) is 10.6. The Morgan fingerprint density at radius 3 is 2.63 bits per heavy atom. The molecule has 2 aliphatic rings. The fourth-order valence-corrected chi connectivity index (χ4v) is 5.19. The van der Waals surface area contributed by atoms with Crippen molar-refractivity contribution in [2.75, 3.05) is 37.5 Å². The molecule has 2 aliphatic heterocycles. The van der Waals surface area contributed by atoms with Crippen LogP contribution in [0.15, 0.2) is 41.4 Å². The molecule has 2 aromatic carbocycles. The van der Waals surface area contributed by atoms with Gasteiger partial charge < -0.3 is 19.5 Å². The van der Waals surface area contributed by atoms with Crippen LogP contribution >= 0.6 is 11.5 Å². The highest BCUT2D eigenvalue weighted by molar-refractivity contribution is 7.02. The van der Waals surface area contributed by atoms with E-state index in [1.807, 2.05) is 28.8 Å². The molecule has 0 radical (unpaired) electrons. The molecular formula is C30H35FN6O3S. The van der Waals surface area contributed by atoms with Crippen molar-refractivity contribution in [3.8, 4) is 18.1 Å². The zero-order valence-electron chi connectivity index (χ0n) is 24.2. The Morgan fingerprint density at radius 2 is 2.00 bits per heavy atom. The van der Waals surface area contributed by atoms with Crippen LogP contribution in [0.4, 0.5) is 26.2 Å². The fourth-order valence-electron chi connectivity index (χ4n) is 4.43. The summed E-state index contributed by atoms with van der Waals surface area (Å²) in [4.78, 5) is 31.4. The van der Waals surface area contributed by atoms with Crippen molar-refractivity contribution >= 4 is 40.5 Å². The van der Waals surface area contributed by atoms with E-state index in [0.29, 0.717) is 22.2 Å². The number of nitrogens with one attached hydrogen (secondary N) is 1. The van der Waals surface area contributed by atoms with Crippen molar-refractivity contribution in [3.05, 3.63) is 58.4 Å². The molecular weight excluding hydrogens is 543 g/mol. The second-order valence-corrected chi connectivity index (χ2v) is 12.0. The van der Waals surface area contributed by atoms with Gasteiger partial charge in [-0.05, 0) is 35.1 Å². The summed E-state index contributed by atoms with van der Waals surface area (Å²) in [6.45, 7) is 9.35. The molecule has 3 heterocycles. The number of hydrogen-bond donors (Lipinski definition) is 1. The number of ether oxygens (including phenoxy) is 1. The lowest BCUT2D eigenvalue weighted by molar-refractivity contribution is -0.121. The molecule has 0 saturated carbocycles. The van der Waals surface area contributed by atoms with Crippen LogP contribution in [0.25, 0.3) is 0 Å². The van der Waals surface area contributed by atoms with E-state index in [4.69, 9.17) is 11.2 Å². The van der Waals surface area contributed by atoms with Gasteiger partial charge in [-0.25, -0.2) is 14.2 Å². The molecule has 0 saturated heterocycles. The molecule has 0 bridgehead atoms. The number of terminal acetylenes is 1. The summed E-state index contributed by atoms with van der Waals surface area (Å²) in [6.07, 6.45) is 6.22. The third-order valence-corrected chi connectivity index (χ3v) is 7.45. The number of halogens is 1. The van der Waals surface area contributed by atoms with Gasteiger partial charge >= 0.3 is 6.03 Å². The van der Waals surface area contributed by atoms with Crippen molar-refractivity contribution in [3.63, 3.8) is 0 Å². The maximum atomic E-state index is 14.5. The first-order valence-corrected chi connectivity index (χ1v) is 14.0.